The molecule has 0 aliphatic heterocycles. The first-order valence-corrected chi connectivity index (χ1v) is 4.43. The van der Waals surface area contributed by atoms with Gasteiger partial charge in [-0.3, -0.25) is 4.98 Å². The van der Waals surface area contributed by atoms with E-state index in [0.29, 0.717) is 5.69 Å². The highest BCUT2D eigenvalue weighted by Crippen LogP contribution is 2.27. The molecule has 0 radical (unpaired) electrons. The number of nitrogens with two attached hydrogens (primary N) is 2. The fourth-order valence-corrected chi connectivity index (χ4v) is 1.17. The summed E-state index contributed by atoms with van der Waals surface area (Å²) >= 11 is 0. The molecule has 3 heteroatoms. The lowest BCUT2D eigenvalue weighted by atomic mass is 9.81. The molecule has 1 aromatic heterocycles. The lowest BCUT2D eigenvalue weighted by molar-refractivity contribution is 0.424. The average molecular weight is 179 g/mol. The van der Waals surface area contributed by atoms with Gasteiger partial charge in [0.2, 0.25) is 0 Å². The number of hydrogen-bond donors (Lipinski definition) is 2. The molecule has 1 unspecified atom stereocenters. The molecule has 1 rings (SSSR count). The van der Waals surface area contributed by atoms with E-state index in [-0.39, 0.29) is 11.5 Å². The van der Waals surface area contributed by atoms with E-state index in [1.165, 1.54) is 0 Å². The number of hydrogen-bond acceptors (Lipinski definition) is 3. The van der Waals surface area contributed by atoms with Crippen molar-refractivity contribution >= 4 is 5.69 Å². The third kappa shape index (κ3) is 1.80. The Labute approximate surface area is 79.2 Å². The molecule has 0 saturated heterocycles. The summed E-state index contributed by atoms with van der Waals surface area (Å²) in [7, 11) is 0. The maximum Gasteiger partial charge on any atom is 0.0703 e. The van der Waals surface area contributed by atoms with Crippen LogP contribution in [0.4, 0.5) is 5.69 Å². The zero-order valence-corrected chi connectivity index (χ0v) is 8.41. The Morgan fingerprint density at radius 1 is 1.46 bits per heavy atom. The van der Waals surface area contributed by atoms with Gasteiger partial charge >= 0.3 is 0 Å². The fraction of sp³-hybridized carbons (Fsp3) is 0.500. The molecule has 3 nitrogen and oxygen atoms in total. The molecule has 0 fully saturated rings. The second kappa shape index (κ2) is 3.34. The monoisotopic (exact) mass is 179 g/mol. The van der Waals surface area contributed by atoms with Gasteiger partial charge in [-0.15, -0.1) is 0 Å². The van der Waals surface area contributed by atoms with Crippen LogP contribution in [0.2, 0.25) is 0 Å². The third-order valence-electron chi connectivity index (χ3n) is 2.59. The molecular weight excluding hydrogens is 162 g/mol. The van der Waals surface area contributed by atoms with Crippen LogP contribution in [0, 0.1) is 0 Å². The van der Waals surface area contributed by atoms with Crippen LogP contribution in [-0.2, 0) is 5.41 Å². The van der Waals surface area contributed by atoms with Gasteiger partial charge in [0.1, 0.15) is 0 Å². The minimum Gasteiger partial charge on any atom is -0.397 e. The predicted molar refractivity (Wildman–Crippen MR) is 55.3 cm³/mol. The van der Waals surface area contributed by atoms with E-state index in [4.69, 9.17) is 11.5 Å². The van der Waals surface area contributed by atoms with Crippen molar-refractivity contribution in [1.29, 1.82) is 0 Å². The van der Waals surface area contributed by atoms with Gasteiger partial charge < -0.3 is 11.5 Å². The Bertz CT molecular complexity index is 292. The van der Waals surface area contributed by atoms with Gasteiger partial charge in [0.25, 0.3) is 0 Å². The van der Waals surface area contributed by atoms with Crippen LogP contribution in [0.5, 0.6) is 0 Å². The minimum atomic E-state index is -0.175. The lowest BCUT2D eigenvalue weighted by Crippen LogP contribution is -2.39. The van der Waals surface area contributed by atoms with E-state index >= 15 is 0 Å². The SMILES string of the molecule is CC(N)C(C)(C)c1ncccc1N. The highest BCUT2D eigenvalue weighted by atomic mass is 14.8. The Kier molecular flexibility index (Phi) is 2.57. The molecule has 0 spiro atoms. The molecule has 1 heterocycles. The van der Waals surface area contributed by atoms with E-state index in [9.17, 15) is 0 Å². The number of pyridine rings is 1. The Balaban J connectivity index is 3.14. The lowest BCUT2D eigenvalue weighted by Gasteiger charge is -2.29. The van der Waals surface area contributed by atoms with Crippen molar-refractivity contribution in [3.8, 4) is 0 Å². The van der Waals surface area contributed by atoms with E-state index in [0.717, 1.165) is 5.69 Å². The molecule has 1 aromatic rings. The maximum atomic E-state index is 5.88. The minimum absolute atomic E-state index is 0.0321. The van der Waals surface area contributed by atoms with Crippen LogP contribution in [0.15, 0.2) is 18.3 Å². The molecule has 13 heavy (non-hydrogen) atoms. The van der Waals surface area contributed by atoms with Gasteiger partial charge in [-0.25, -0.2) is 0 Å². The molecule has 1 atom stereocenters. The summed E-state index contributed by atoms with van der Waals surface area (Å²) in [5.74, 6) is 0. The van der Waals surface area contributed by atoms with Gasteiger partial charge in [0.15, 0.2) is 0 Å². The van der Waals surface area contributed by atoms with Crippen molar-refractivity contribution in [1.82, 2.24) is 4.98 Å². The average Bonchev–Trinajstić information content (AvgIpc) is 2.04. The quantitative estimate of drug-likeness (QED) is 0.719. The summed E-state index contributed by atoms with van der Waals surface area (Å²) in [5, 5.41) is 0. The van der Waals surface area contributed by atoms with E-state index in [1.54, 1.807) is 6.20 Å². The van der Waals surface area contributed by atoms with Crippen molar-refractivity contribution < 1.29 is 0 Å². The van der Waals surface area contributed by atoms with Crippen LogP contribution < -0.4 is 11.5 Å². The highest BCUT2D eigenvalue weighted by Gasteiger charge is 2.28. The van der Waals surface area contributed by atoms with Gasteiger partial charge in [-0.2, -0.15) is 0 Å². The normalized spacial score (nSPS) is 14.2. The number of nitrogen functional groups attached to an aromatic ring is 1. The first-order valence-electron chi connectivity index (χ1n) is 4.43. The fourth-order valence-electron chi connectivity index (χ4n) is 1.17. The Hall–Kier alpha value is -1.09. The number of aromatic nitrogens is 1. The number of rotatable bonds is 2. The molecule has 0 aromatic carbocycles. The molecule has 0 aliphatic carbocycles. The Morgan fingerprint density at radius 2 is 2.08 bits per heavy atom. The topological polar surface area (TPSA) is 64.9 Å². The van der Waals surface area contributed by atoms with Crippen LogP contribution in [0.25, 0.3) is 0 Å². The van der Waals surface area contributed by atoms with Gasteiger partial charge in [0, 0.05) is 17.7 Å². The van der Waals surface area contributed by atoms with Crippen LogP contribution in [0.1, 0.15) is 26.5 Å². The molecular formula is C10H17N3. The highest BCUT2D eigenvalue weighted by molar-refractivity contribution is 5.46. The molecule has 72 valence electrons. The van der Waals surface area contributed by atoms with Crippen molar-refractivity contribution in [3.63, 3.8) is 0 Å². The predicted octanol–water partition coefficient (Wildman–Crippen LogP) is 1.29. The van der Waals surface area contributed by atoms with Crippen LogP contribution >= 0.6 is 0 Å². The molecule has 4 N–H and O–H groups in total. The van der Waals surface area contributed by atoms with Gasteiger partial charge in [0.05, 0.1) is 11.4 Å². The summed E-state index contributed by atoms with van der Waals surface area (Å²) in [6.07, 6.45) is 1.75. The summed E-state index contributed by atoms with van der Waals surface area (Å²) in [5.41, 5.74) is 13.1. The second-order valence-corrected chi connectivity index (χ2v) is 3.95. The summed E-state index contributed by atoms with van der Waals surface area (Å²) in [6.45, 7) is 6.07. The summed E-state index contributed by atoms with van der Waals surface area (Å²) in [4.78, 5) is 4.27. The van der Waals surface area contributed by atoms with Crippen LogP contribution in [-0.4, -0.2) is 11.0 Å². The van der Waals surface area contributed by atoms with Crippen molar-refractivity contribution in [3.05, 3.63) is 24.0 Å². The van der Waals surface area contributed by atoms with E-state index in [2.05, 4.69) is 18.8 Å². The summed E-state index contributed by atoms with van der Waals surface area (Å²) in [6, 6.07) is 3.72. The maximum absolute atomic E-state index is 5.88. The van der Waals surface area contributed by atoms with E-state index < -0.39 is 0 Å². The van der Waals surface area contributed by atoms with Crippen LogP contribution in [0.3, 0.4) is 0 Å². The number of nitrogens with zero attached hydrogens (tertiary/aromatic N) is 1. The molecule has 0 bridgehead atoms. The standard InChI is InChI=1S/C10H17N3/c1-7(11)10(2,3)9-8(12)5-4-6-13-9/h4-7H,11-12H2,1-3H3. The first kappa shape index (κ1) is 9.99. The molecule has 0 amide bonds. The Morgan fingerprint density at radius 3 is 2.54 bits per heavy atom. The molecule has 0 saturated carbocycles. The first-order chi connectivity index (χ1) is 5.96. The number of anilines is 1. The van der Waals surface area contributed by atoms with Crippen molar-refractivity contribution in [2.24, 2.45) is 5.73 Å². The van der Waals surface area contributed by atoms with Crippen molar-refractivity contribution in [2.75, 3.05) is 5.73 Å². The zero-order chi connectivity index (χ0) is 10.1. The summed E-state index contributed by atoms with van der Waals surface area (Å²) < 4.78 is 0. The van der Waals surface area contributed by atoms with Gasteiger partial charge in [-0.1, -0.05) is 13.8 Å². The largest absolute Gasteiger partial charge is 0.397 e. The smallest absolute Gasteiger partial charge is 0.0703 e. The van der Waals surface area contributed by atoms with Gasteiger partial charge in [-0.05, 0) is 19.1 Å². The zero-order valence-electron chi connectivity index (χ0n) is 8.41. The third-order valence-corrected chi connectivity index (χ3v) is 2.59. The van der Waals surface area contributed by atoms with Crippen molar-refractivity contribution in [2.45, 2.75) is 32.2 Å². The second-order valence-electron chi connectivity index (χ2n) is 3.95. The molecule has 0 aliphatic rings. The van der Waals surface area contributed by atoms with E-state index in [1.807, 2.05) is 19.1 Å².